The second kappa shape index (κ2) is 50.2. The first-order valence-corrected chi connectivity index (χ1v) is 25.6. The number of allylic oxidation sites excluding steroid dienone is 14. The Labute approximate surface area is 382 Å². The van der Waals surface area contributed by atoms with E-state index >= 15 is 0 Å². The van der Waals surface area contributed by atoms with Gasteiger partial charge < -0.3 is 14.2 Å². The summed E-state index contributed by atoms with van der Waals surface area (Å²) in [7, 11) is 0. The van der Waals surface area contributed by atoms with Crippen molar-refractivity contribution in [2.45, 2.75) is 239 Å². The maximum Gasteiger partial charge on any atom is 0.306 e. The molecule has 0 heterocycles. The summed E-state index contributed by atoms with van der Waals surface area (Å²) in [6.07, 6.45) is 64.2. The van der Waals surface area contributed by atoms with Gasteiger partial charge in [-0.05, 0) is 109 Å². The molecule has 0 bridgehead atoms. The van der Waals surface area contributed by atoms with E-state index in [0.717, 1.165) is 122 Å². The van der Waals surface area contributed by atoms with Crippen LogP contribution in [0, 0.1) is 0 Å². The average molecular weight is 863 g/mol. The Balaban J connectivity index is 4.44. The largest absolute Gasteiger partial charge is 0.462 e. The maximum absolute atomic E-state index is 12.8. The predicted molar refractivity (Wildman–Crippen MR) is 265 cm³/mol. The van der Waals surface area contributed by atoms with E-state index in [2.05, 4.69) is 106 Å². The van der Waals surface area contributed by atoms with E-state index in [-0.39, 0.29) is 31.1 Å². The molecule has 0 aromatic carbocycles. The number of unbranched alkanes of at least 4 members (excludes halogenated alkanes) is 20. The van der Waals surface area contributed by atoms with Gasteiger partial charge in [0.05, 0.1) is 0 Å². The lowest BCUT2D eigenvalue weighted by molar-refractivity contribution is -0.167. The Hall–Kier alpha value is -3.41. The van der Waals surface area contributed by atoms with Crippen LogP contribution in [-0.2, 0) is 28.6 Å². The van der Waals surface area contributed by atoms with Crippen LogP contribution in [0.4, 0.5) is 0 Å². The highest BCUT2D eigenvalue weighted by atomic mass is 16.6. The van der Waals surface area contributed by atoms with Gasteiger partial charge >= 0.3 is 17.9 Å². The van der Waals surface area contributed by atoms with Gasteiger partial charge in [0, 0.05) is 19.3 Å². The lowest BCUT2D eigenvalue weighted by Gasteiger charge is -2.18. The van der Waals surface area contributed by atoms with Crippen LogP contribution in [0.2, 0.25) is 0 Å². The van der Waals surface area contributed by atoms with Crippen LogP contribution in [0.25, 0.3) is 0 Å². The summed E-state index contributed by atoms with van der Waals surface area (Å²) in [6, 6.07) is 0. The molecule has 0 rings (SSSR count). The predicted octanol–water partition coefficient (Wildman–Crippen LogP) is 16.8. The quantitative estimate of drug-likeness (QED) is 0.0263. The third-order valence-corrected chi connectivity index (χ3v) is 10.6. The summed E-state index contributed by atoms with van der Waals surface area (Å²) in [5.74, 6) is -0.945. The molecule has 1 atom stereocenters. The van der Waals surface area contributed by atoms with Gasteiger partial charge in [-0.25, -0.2) is 0 Å². The number of hydrogen-bond acceptors (Lipinski definition) is 6. The van der Waals surface area contributed by atoms with Crippen LogP contribution in [0.3, 0.4) is 0 Å². The van der Waals surface area contributed by atoms with Crippen LogP contribution < -0.4 is 0 Å². The highest BCUT2D eigenvalue weighted by molar-refractivity contribution is 5.71. The van der Waals surface area contributed by atoms with Crippen molar-refractivity contribution in [2.24, 2.45) is 0 Å². The molecular weight excluding hydrogens is 769 g/mol. The molecule has 0 aliphatic rings. The van der Waals surface area contributed by atoms with Gasteiger partial charge in [-0.3, -0.25) is 14.4 Å². The second-order valence-corrected chi connectivity index (χ2v) is 16.7. The molecule has 0 aliphatic heterocycles. The van der Waals surface area contributed by atoms with Gasteiger partial charge in [-0.1, -0.05) is 189 Å². The molecule has 354 valence electrons. The molecule has 0 amide bonds. The zero-order valence-electron chi connectivity index (χ0n) is 40.4. The fourth-order valence-electron chi connectivity index (χ4n) is 6.82. The number of hydrogen-bond donors (Lipinski definition) is 0. The number of esters is 3. The lowest BCUT2D eigenvalue weighted by atomic mass is 10.1. The van der Waals surface area contributed by atoms with E-state index in [4.69, 9.17) is 14.2 Å². The maximum atomic E-state index is 12.8. The van der Waals surface area contributed by atoms with Crippen molar-refractivity contribution in [1.29, 1.82) is 0 Å². The molecule has 6 heteroatoms. The Morgan fingerprint density at radius 2 is 0.629 bits per heavy atom. The smallest absolute Gasteiger partial charge is 0.306 e. The minimum absolute atomic E-state index is 0.0951. The van der Waals surface area contributed by atoms with Gasteiger partial charge in [0.1, 0.15) is 13.2 Å². The van der Waals surface area contributed by atoms with Crippen molar-refractivity contribution >= 4 is 17.9 Å². The summed E-state index contributed by atoms with van der Waals surface area (Å²) in [6.45, 7) is 6.36. The third-order valence-electron chi connectivity index (χ3n) is 10.6. The van der Waals surface area contributed by atoms with Gasteiger partial charge in [0.15, 0.2) is 6.10 Å². The first-order valence-electron chi connectivity index (χ1n) is 25.6. The Kier molecular flexibility index (Phi) is 47.5. The summed E-state index contributed by atoms with van der Waals surface area (Å²) in [5.41, 5.74) is 0. The molecule has 0 N–H and O–H groups in total. The summed E-state index contributed by atoms with van der Waals surface area (Å²) >= 11 is 0. The fourth-order valence-corrected chi connectivity index (χ4v) is 6.82. The number of ether oxygens (including phenoxy) is 3. The molecule has 0 aromatic rings. The molecule has 0 saturated carbocycles. The summed E-state index contributed by atoms with van der Waals surface area (Å²) < 4.78 is 16.8. The van der Waals surface area contributed by atoms with E-state index in [1.54, 1.807) is 0 Å². The van der Waals surface area contributed by atoms with Crippen LogP contribution in [0.15, 0.2) is 85.1 Å². The first-order chi connectivity index (χ1) is 30.5. The first kappa shape index (κ1) is 58.6. The van der Waals surface area contributed by atoms with Crippen molar-refractivity contribution in [3.8, 4) is 0 Å². The van der Waals surface area contributed by atoms with E-state index in [1.165, 1.54) is 70.6 Å². The monoisotopic (exact) mass is 863 g/mol. The second-order valence-electron chi connectivity index (χ2n) is 16.7. The standard InChI is InChI=1S/C56H94O6/c1-4-7-10-13-16-19-22-25-27-28-29-32-34-37-40-43-46-49-55(58)61-52-53(51-60-54(57)48-45-42-39-36-33-30-24-21-18-15-12-9-6-3)62-56(59)50-47-44-41-38-35-31-26-23-20-17-14-11-8-5-2/h7,9-10,12,16,18-19,21,23,25-27,30,33,53H,4-6,8,11,13-15,17,20,22,24,28-29,31-32,34-52H2,1-3H3/b10-7-,12-9-,19-16-,21-18-,26-23-,27-25-,33-30-. The summed E-state index contributed by atoms with van der Waals surface area (Å²) in [5, 5.41) is 0. The topological polar surface area (TPSA) is 78.9 Å². The number of rotatable bonds is 45. The van der Waals surface area contributed by atoms with Crippen molar-refractivity contribution in [2.75, 3.05) is 13.2 Å². The van der Waals surface area contributed by atoms with Crippen LogP contribution >= 0.6 is 0 Å². The normalized spacial score (nSPS) is 12.8. The van der Waals surface area contributed by atoms with E-state index in [0.29, 0.717) is 19.3 Å². The molecular formula is C56H94O6. The average Bonchev–Trinajstić information content (AvgIpc) is 3.27. The molecule has 62 heavy (non-hydrogen) atoms. The fraction of sp³-hybridized carbons (Fsp3) is 0.696. The highest BCUT2D eigenvalue weighted by Crippen LogP contribution is 2.14. The Morgan fingerprint density at radius 3 is 1.02 bits per heavy atom. The molecule has 0 fully saturated rings. The molecule has 0 saturated heterocycles. The Bertz CT molecular complexity index is 1220. The lowest BCUT2D eigenvalue weighted by Crippen LogP contribution is -2.30. The van der Waals surface area contributed by atoms with Gasteiger partial charge in [0.2, 0.25) is 0 Å². The summed E-state index contributed by atoms with van der Waals surface area (Å²) in [4.78, 5) is 38.0. The van der Waals surface area contributed by atoms with Crippen LogP contribution in [0.1, 0.15) is 233 Å². The molecule has 0 aromatic heterocycles. The van der Waals surface area contributed by atoms with Crippen LogP contribution in [0.5, 0.6) is 0 Å². The molecule has 0 radical (unpaired) electrons. The van der Waals surface area contributed by atoms with E-state index in [9.17, 15) is 14.4 Å². The Morgan fingerprint density at radius 1 is 0.339 bits per heavy atom. The minimum atomic E-state index is -0.796. The van der Waals surface area contributed by atoms with Gasteiger partial charge in [-0.15, -0.1) is 0 Å². The minimum Gasteiger partial charge on any atom is -0.462 e. The zero-order chi connectivity index (χ0) is 45.1. The highest BCUT2D eigenvalue weighted by Gasteiger charge is 2.19. The number of carbonyl (C=O) groups excluding carboxylic acids is 3. The SMILES string of the molecule is CC/C=C\C/C=C\C/C=C\CCCCCCCCCC(=O)OCC(COC(=O)CCCCC/C=C\C/C=C\C/C=C\CC)OC(=O)CCCCCCC/C=C\CCCCCCC. The van der Waals surface area contributed by atoms with Crippen molar-refractivity contribution in [3.63, 3.8) is 0 Å². The van der Waals surface area contributed by atoms with Crippen molar-refractivity contribution in [3.05, 3.63) is 85.1 Å². The third kappa shape index (κ3) is 47.6. The van der Waals surface area contributed by atoms with Crippen molar-refractivity contribution < 1.29 is 28.6 Å². The van der Waals surface area contributed by atoms with E-state index < -0.39 is 6.10 Å². The molecule has 6 nitrogen and oxygen atoms in total. The van der Waals surface area contributed by atoms with Crippen LogP contribution in [-0.4, -0.2) is 37.2 Å². The molecule has 0 spiro atoms. The van der Waals surface area contributed by atoms with E-state index in [1.807, 2.05) is 0 Å². The zero-order valence-corrected chi connectivity index (χ0v) is 40.4. The van der Waals surface area contributed by atoms with Crippen molar-refractivity contribution in [1.82, 2.24) is 0 Å². The molecule has 1 unspecified atom stereocenters. The molecule has 0 aliphatic carbocycles. The van der Waals surface area contributed by atoms with Gasteiger partial charge in [-0.2, -0.15) is 0 Å². The van der Waals surface area contributed by atoms with Gasteiger partial charge in [0.25, 0.3) is 0 Å². The number of carbonyl (C=O) groups is 3.